The van der Waals surface area contributed by atoms with Gasteiger partial charge in [0.15, 0.2) is 0 Å². The van der Waals surface area contributed by atoms with Gasteiger partial charge in [0.05, 0.1) is 7.11 Å². The van der Waals surface area contributed by atoms with Crippen LogP contribution in [0, 0.1) is 0 Å². The molecule has 0 radical (unpaired) electrons. The molecule has 2 N–H and O–H groups in total. The second-order valence-corrected chi connectivity index (χ2v) is 8.92. The number of halogens is 3. The Hall–Kier alpha value is -1.99. The molecular formula is C24H30Cl3N3O3. The van der Waals surface area contributed by atoms with E-state index in [1.54, 1.807) is 18.2 Å². The first-order valence-electron chi connectivity index (χ1n) is 10.8. The number of rotatable bonds is 12. The lowest BCUT2D eigenvalue weighted by Gasteiger charge is -2.29. The average Bonchev–Trinajstić information content (AvgIpc) is 2.79. The summed E-state index contributed by atoms with van der Waals surface area (Å²) in [4.78, 5) is 25.9. The molecule has 0 spiro atoms. The summed E-state index contributed by atoms with van der Waals surface area (Å²) >= 11 is 18.0. The van der Waals surface area contributed by atoms with E-state index in [1.165, 1.54) is 7.11 Å². The highest BCUT2D eigenvalue weighted by Crippen LogP contribution is 2.23. The van der Waals surface area contributed by atoms with E-state index in [9.17, 15) is 9.59 Å². The number of carbonyl (C=O) groups excluding carboxylic acids is 2. The van der Waals surface area contributed by atoms with Gasteiger partial charge in [-0.25, -0.2) is 4.79 Å². The van der Waals surface area contributed by atoms with Gasteiger partial charge in [0.25, 0.3) is 0 Å². The maximum atomic E-state index is 12.1. The molecule has 0 saturated carbocycles. The van der Waals surface area contributed by atoms with Crippen LogP contribution in [0.15, 0.2) is 42.5 Å². The molecule has 0 aliphatic carbocycles. The zero-order valence-corrected chi connectivity index (χ0v) is 21.1. The van der Waals surface area contributed by atoms with Crippen LogP contribution in [-0.2, 0) is 16.1 Å². The van der Waals surface area contributed by atoms with E-state index in [0.29, 0.717) is 41.0 Å². The maximum absolute atomic E-state index is 12.1. The number of ether oxygens (including phenoxy) is 1. The molecule has 6 nitrogen and oxygen atoms in total. The third kappa shape index (κ3) is 9.80. The fraction of sp³-hybridized carbons (Fsp3) is 0.417. The topological polar surface area (TPSA) is 70.7 Å². The van der Waals surface area contributed by atoms with Gasteiger partial charge in [-0.3, -0.25) is 9.69 Å². The molecule has 33 heavy (non-hydrogen) atoms. The lowest BCUT2D eigenvalue weighted by atomic mass is 10.1. The summed E-state index contributed by atoms with van der Waals surface area (Å²) in [6.07, 6.45) is 1.82. The predicted molar refractivity (Wildman–Crippen MR) is 134 cm³/mol. The fourth-order valence-electron chi connectivity index (χ4n) is 3.37. The summed E-state index contributed by atoms with van der Waals surface area (Å²) in [6, 6.07) is 12.8. The Morgan fingerprint density at radius 3 is 2.30 bits per heavy atom. The third-order valence-corrected chi connectivity index (χ3v) is 6.16. The molecule has 0 heterocycles. The van der Waals surface area contributed by atoms with Crippen molar-refractivity contribution < 1.29 is 14.3 Å². The molecule has 2 amide bonds. The van der Waals surface area contributed by atoms with E-state index < -0.39 is 0 Å². The molecule has 0 aromatic heterocycles. The van der Waals surface area contributed by atoms with Crippen LogP contribution in [0.2, 0.25) is 15.1 Å². The lowest BCUT2D eigenvalue weighted by molar-refractivity contribution is -0.140. The summed E-state index contributed by atoms with van der Waals surface area (Å²) in [5, 5.41) is 7.43. The van der Waals surface area contributed by atoms with Gasteiger partial charge in [-0.2, -0.15) is 0 Å². The minimum absolute atomic E-state index is 0.140. The molecule has 1 unspecified atom stereocenters. The van der Waals surface area contributed by atoms with Gasteiger partial charge in [-0.1, -0.05) is 53.0 Å². The van der Waals surface area contributed by atoms with Crippen LogP contribution in [0.5, 0.6) is 0 Å². The largest absolute Gasteiger partial charge is 0.469 e. The Bertz CT molecular complexity index is 910. The molecular weight excluding hydrogens is 485 g/mol. The second kappa shape index (κ2) is 14.3. The summed E-state index contributed by atoms with van der Waals surface area (Å²) in [7, 11) is 1.40. The van der Waals surface area contributed by atoms with Crippen molar-refractivity contribution in [2.75, 3.05) is 26.7 Å². The van der Waals surface area contributed by atoms with Crippen LogP contribution < -0.4 is 10.6 Å². The molecule has 0 bridgehead atoms. The van der Waals surface area contributed by atoms with E-state index in [4.69, 9.17) is 39.5 Å². The van der Waals surface area contributed by atoms with Gasteiger partial charge in [0.1, 0.15) is 0 Å². The van der Waals surface area contributed by atoms with Crippen LogP contribution in [0.4, 0.5) is 4.79 Å². The number of amides is 2. The zero-order valence-electron chi connectivity index (χ0n) is 18.9. The first-order chi connectivity index (χ1) is 15.8. The van der Waals surface area contributed by atoms with E-state index in [1.807, 2.05) is 24.3 Å². The van der Waals surface area contributed by atoms with Gasteiger partial charge >= 0.3 is 12.0 Å². The molecule has 9 heteroatoms. The van der Waals surface area contributed by atoms with Crippen molar-refractivity contribution in [1.29, 1.82) is 0 Å². The van der Waals surface area contributed by atoms with Crippen molar-refractivity contribution >= 4 is 46.8 Å². The summed E-state index contributed by atoms with van der Waals surface area (Å²) in [5.74, 6) is -0.215. The minimum atomic E-state index is -0.260. The summed E-state index contributed by atoms with van der Waals surface area (Å²) < 4.78 is 4.74. The van der Waals surface area contributed by atoms with Gasteiger partial charge in [0.2, 0.25) is 0 Å². The molecule has 2 rings (SSSR count). The van der Waals surface area contributed by atoms with E-state index in [2.05, 4.69) is 22.5 Å². The zero-order chi connectivity index (χ0) is 24.2. The molecule has 2 aromatic rings. The Kier molecular flexibility index (Phi) is 11.8. The third-order valence-electron chi connectivity index (χ3n) is 5.32. The maximum Gasteiger partial charge on any atom is 0.315 e. The lowest BCUT2D eigenvalue weighted by Crippen LogP contribution is -2.37. The SMILES string of the molecule is COC(=O)CCCN(CCCNC(=O)NCc1ccc(Cl)cc1Cl)C(C)c1ccc(Cl)cc1. The van der Waals surface area contributed by atoms with Gasteiger partial charge < -0.3 is 15.4 Å². The number of hydrogen-bond acceptors (Lipinski definition) is 4. The normalized spacial score (nSPS) is 11.8. The first kappa shape index (κ1) is 27.3. The quantitative estimate of drug-likeness (QED) is 0.275. The number of esters is 1. The summed E-state index contributed by atoms with van der Waals surface area (Å²) in [5.41, 5.74) is 1.94. The van der Waals surface area contributed by atoms with Crippen LogP contribution in [0.1, 0.15) is 43.4 Å². The molecule has 2 aromatic carbocycles. The Balaban J connectivity index is 1.81. The number of nitrogens with zero attached hydrogens (tertiary/aromatic N) is 1. The predicted octanol–water partition coefficient (Wildman–Crippen LogP) is 5.85. The van der Waals surface area contributed by atoms with E-state index >= 15 is 0 Å². The Labute approximate surface area is 210 Å². The van der Waals surface area contributed by atoms with E-state index in [0.717, 1.165) is 30.6 Å². The number of carbonyl (C=O) groups is 2. The smallest absolute Gasteiger partial charge is 0.315 e. The number of benzene rings is 2. The number of hydrogen-bond donors (Lipinski definition) is 2. The molecule has 0 aliphatic rings. The highest BCUT2D eigenvalue weighted by atomic mass is 35.5. The number of nitrogens with one attached hydrogen (secondary N) is 2. The minimum Gasteiger partial charge on any atom is -0.469 e. The molecule has 0 aliphatic heterocycles. The molecule has 0 fully saturated rings. The van der Waals surface area contributed by atoms with Crippen LogP contribution in [0.25, 0.3) is 0 Å². The number of urea groups is 1. The molecule has 180 valence electrons. The van der Waals surface area contributed by atoms with Gasteiger partial charge in [-0.15, -0.1) is 0 Å². The fourth-order valence-corrected chi connectivity index (χ4v) is 3.97. The summed E-state index contributed by atoms with van der Waals surface area (Å²) in [6.45, 7) is 4.45. The van der Waals surface area contributed by atoms with Crippen molar-refractivity contribution in [1.82, 2.24) is 15.5 Å². The Morgan fingerprint density at radius 2 is 1.64 bits per heavy atom. The van der Waals surface area contributed by atoms with Crippen LogP contribution in [0.3, 0.4) is 0 Å². The number of methoxy groups -OCH3 is 1. The molecule has 0 saturated heterocycles. The second-order valence-electron chi connectivity index (χ2n) is 7.64. The van der Waals surface area contributed by atoms with Crippen LogP contribution in [-0.4, -0.2) is 43.6 Å². The van der Waals surface area contributed by atoms with Gasteiger partial charge in [-0.05, 0) is 61.7 Å². The van der Waals surface area contributed by atoms with Crippen LogP contribution >= 0.6 is 34.8 Å². The standard InChI is InChI=1S/C24H30Cl3N3O3/c1-17(18-6-9-20(25)10-7-18)30(13-3-5-23(31)33-2)14-4-12-28-24(32)29-16-19-8-11-21(26)15-22(19)27/h6-11,15,17H,3-5,12-14,16H2,1-2H3,(H2,28,29,32). The van der Waals surface area contributed by atoms with Crippen molar-refractivity contribution in [2.24, 2.45) is 0 Å². The van der Waals surface area contributed by atoms with E-state index in [-0.39, 0.29) is 18.0 Å². The highest BCUT2D eigenvalue weighted by Gasteiger charge is 2.16. The van der Waals surface area contributed by atoms with Crippen molar-refractivity contribution in [3.05, 3.63) is 68.7 Å². The van der Waals surface area contributed by atoms with Crippen molar-refractivity contribution in [3.63, 3.8) is 0 Å². The van der Waals surface area contributed by atoms with Crippen molar-refractivity contribution in [3.8, 4) is 0 Å². The van der Waals surface area contributed by atoms with Crippen molar-refractivity contribution in [2.45, 2.75) is 38.8 Å². The monoisotopic (exact) mass is 513 g/mol. The highest BCUT2D eigenvalue weighted by molar-refractivity contribution is 6.35. The first-order valence-corrected chi connectivity index (χ1v) is 12.0. The molecule has 1 atom stereocenters. The average molecular weight is 515 g/mol. The van der Waals surface area contributed by atoms with Gasteiger partial charge in [0, 0.05) is 47.2 Å². The Morgan fingerprint density at radius 1 is 0.970 bits per heavy atom.